The fourth-order valence-electron chi connectivity index (χ4n) is 5.33. The summed E-state index contributed by atoms with van der Waals surface area (Å²) in [5.41, 5.74) is 4.24. The van der Waals surface area contributed by atoms with Gasteiger partial charge in [0.15, 0.2) is 0 Å². The van der Waals surface area contributed by atoms with Crippen molar-refractivity contribution in [2.45, 2.75) is 51.3 Å². The molecule has 0 amide bonds. The van der Waals surface area contributed by atoms with Crippen LogP contribution in [0.5, 0.6) is 0 Å². The summed E-state index contributed by atoms with van der Waals surface area (Å²) < 4.78 is 11.1. The number of fused-ring (bicyclic) bond motifs is 3. The summed E-state index contributed by atoms with van der Waals surface area (Å²) in [6, 6.07) is 17.9. The van der Waals surface area contributed by atoms with Crippen molar-refractivity contribution in [3.63, 3.8) is 0 Å². The van der Waals surface area contributed by atoms with E-state index in [-0.39, 0.29) is 23.7 Å². The minimum Gasteiger partial charge on any atom is -0.460 e. The topological polar surface area (TPSA) is 83.9 Å². The average molecular weight is 482 g/mol. The smallest absolute Gasteiger partial charge is 0.302 e. The summed E-state index contributed by atoms with van der Waals surface area (Å²) in [4.78, 5) is 25.3. The van der Waals surface area contributed by atoms with E-state index in [2.05, 4.69) is 27.9 Å². The Bertz CT molecular complexity index is 1550. The van der Waals surface area contributed by atoms with Gasteiger partial charge in [0, 0.05) is 37.4 Å². The number of esters is 1. The Morgan fingerprint density at radius 3 is 2.64 bits per heavy atom. The van der Waals surface area contributed by atoms with Gasteiger partial charge in [-0.05, 0) is 49.1 Å². The monoisotopic (exact) mass is 481 g/mol. The Hall–Kier alpha value is -4.20. The lowest BCUT2D eigenvalue weighted by atomic mass is 9.92. The molecule has 1 unspecified atom stereocenters. The molecule has 0 bridgehead atoms. The quantitative estimate of drug-likeness (QED) is 0.343. The Kier molecular flexibility index (Phi) is 5.64. The van der Waals surface area contributed by atoms with Gasteiger partial charge in [-0.3, -0.25) is 9.59 Å². The number of benzene rings is 2. The Morgan fingerprint density at radius 2 is 1.86 bits per heavy atom. The molecule has 1 fully saturated rings. The molecule has 1 saturated carbocycles. The molecule has 3 heterocycles. The maximum absolute atomic E-state index is 13.6. The zero-order chi connectivity index (χ0) is 24.6. The lowest BCUT2D eigenvalue weighted by molar-refractivity contribution is -0.150. The van der Waals surface area contributed by atoms with Crippen LogP contribution in [0.1, 0.15) is 44.2 Å². The van der Waals surface area contributed by atoms with Crippen LogP contribution >= 0.6 is 0 Å². The second kappa shape index (κ2) is 9.11. The molecule has 3 aromatic rings. The van der Waals surface area contributed by atoms with Crippen LogP contribution in [0.3, 0.4) is 0 Å². The molecular formula is C28H27N5O3. The van der Waals surface area contributed by atoms with E-state index in [0.29, 0.717) is 17.8 Å². The normalized spacial score (nSPS) is 18.0. The number of nitrogens with zero attached hydrogens (tertiary/aromatic N) is 5. The van der Waals surface area contributed by atoms with E-state index >= 15 is 0 Å². The van der Waals surface area contributed by atoms with Crippen LogP contribution in [-0.4, -0.2) is 36.2 Å². The van der Waals surface area contributed by atoms with E-state index in [0.717, 1.165) is 47.8 Å². The predicted molar refractivity (Wildman–Crippen MR) is 136 cm³/mol. The third kappa shape index (κ3) is 3.98. The predicted octanol–water partition coefficient (Wildman–Crippen LogP) is 4.58. The number of pyridine rings is 1. The SMILES string of the molecule is CC(=O)OC1CCCC[C@H]1n1nc2c3ccccc3n(Cc3ccc(-n4cccn4)cc3)cc-2c1=O. The van der Waals surface area contributed by atoms with Gasteiger partial charge in [0.25, 0.3) is 5.56 Å². The summed E-state index contributed by atoms with van der Waals surface area (Å²) in [7, 11) is 0. The van der Waals surface area contributed by atoms with E-state index in [1.54, 1.807) is 10.9 Å². The van der Waals surface area contributed by atoms with Crippen molar-refractivity contribution in [1.29, 1.82) is 0 Å². The highest BCUT2D eigenvalue weighted by atomic mass is 16.5. The summed E-state index contributed by atoms with van der Waals surface area (Å²) in [6.45, 7) is 2.03. The minimum atomic E-state index is -0.329. The number of para-hydroxylation sites is 1. The highest BCUT2D eigenvalue weighted by molar-refractivity contribution is 5.93. The van der Waals surface area contributed by atoms with Crippen LogP contribution in [-0.2, 0) is 16.1 Å². The zero-order valence-electron chi connectivity index (χ0n) is 20.1. The van der Waals surface area contributed by atoms with E-state index in [1.165, 1.54) is 6.92 Å². The molecule has 6 rings (SSSR count). The van der Waals surface area contributed by atoms with Crippen molar-refractivity contribution >= 4 is 16.9 Å². The lowest BCUT2D eigenvalue weighted by Crippen LogP contribution is -2.36. The molecule has 0 spiro atoms. The first kappa shape index (κ1) is 22.3. The molecule has 1 aromatic heterocycles. The van der Waals surface area contributed by atoms with Gasteiger partial charge in [-0.25, -0.2) is 9.36 Å². The zero-order valence-corrected chi connectivity index (χ0v) is 20.1. The van der Waals surface area contributed by atoms with Gasteiger partial charge < -0.3 is 9.30 Å². The Labute approximate surface area is 208 Å². The second-order valence-corrected chi connectivity index (χ2v) is 9.40. The van der Waals surface area contributed by atoms with Crippen molar-refractivity contribution in [2.24, 2.45) is 0 Å². The fraction of sp³-hybridized carbons (Fsp3) is 0.286. The lowest BCUT2D eigenvalue weighted by Gasteiger charge is -2.30. The molecule has 182 valence electrons. The maximum atomic E-state index is 13.6. The number of carbonyl (C=O) groups is 1. The molecule has 0 saturated heterocycles. The molecule has 0 N–H and O–H groups in total. The minimum absolute atomic E-state index is 0.136. The molecule has 3 aliphatic rings. The van der Waals surface area contributed by atoms with Crippen LogP contribution < -0.4 is 5.56 Å². The molecule has 0 radical (unpaired) electrons. The van der Waals surface area contributed by atoms with Crippen molar-refractivity contribution in [1.82, 2.24) is 24.1 Å². The summed E-state index contributed by atoms with van der Waals surface area (Å²) in [5.74, 6) is -0.321. The van der Waals surface area contributed by atoms with Crippen LogP contribution in [0.15, 0.2) is 78.0 Å². The van der Waals surface area contributed by atoms with E-state index < -0.39 is 0 Å². The number of carbonyl (C=O) groups excluding carboxylic acids is 1. The first-order valence-electron chi connectivity index (χ1n) is 12.3. The third-order valence-corrected chi connectivity index (χ3v) is 7.01. The summed E-state index contributed by atoms with van der Waals surface area (Å²) in [6.07, 6.45) is 8.72. The standard InChI is InChI=1S/C28H27N5O3/c1-19(34)36-26-10-5-4-9-25(26)33-28(35)23-18-31(24-8-3-2-7-22(24)27(23)30-33)17-20-11-13-21(14-12-20)32-16-6-15-29-32/h2-3,6-8,11-16,18,25-26H,4-5,9-10,17H2,1H3/t25-,26?/m1/s1. The van der Waals surface area contributed by atoms with Crippen molar-refractivity contribution in [2.75, 3.05) is 0 Å². The second-order valence-electron chi connectivity index (χ2n) is 9.40. The van der Waals surface area contributed by atoms with Gasteiger partial charge in [0.2, 0.25) is 0 Å². The highest BCUT2D eigenvalue weighted by Gasteiger charge is 2.33. The molecule has 8 nitrogen and oxygen atoms in total. The average Bonchev–Trinajstić information content (AvgIpc) is 3.54. The summed E-state index contributed by atoms with van der Waals surface area (Å²) >= 11 is 0. The molecule has 8 heteroatoms. The summed E-state index contributed by atoms with van der Waals surface area (Å²) in [5, 5.41) is 10.0. The Balaban J connectivity index is 1.41. The van der Waals surface area contributed by atoms with Crippen LogP contribution in [0.25, 0.3) is 27.8 Å². The highest BCUT2D eigenvalue weighted by Crippen LogP contribution is 2.33. The van der Waals surface area contributed by atoms with Gasteiger partial charge >= 0.3 is 5.97 Å². The largest absolute Gasteiger partial charge is 0.460 e. The Morgan fingerprint density at radius 1 is 1.06 bits per heavy atom. The molecule has 2 aromatic carbocycles. The molecular weight excluding hydrogens is 454 g/mol. The van der Waals surface area contributed by atoms with E-state index in [1.807, 2.05) is 53.5 Å². The number of hydrogen-bond acceptors (Lipinski definition) is 5. The van der Waals surface area contributed by atoms with Gasteiger partial charge in [0.1, 0.15) is 11.8 Å². The fourth-order valence-corrected chi connectivity index (χ4v) is 5.33. The van der Waals surface area contributed by atoms with Crippen LogP contribution in [0.4, 0.5) is 0 Å². The van der Waals surface area contributed by atoms with Crippen molar-refractivity contribution in [3.8, 4) is 16.9 Å². The number of rotatable bonds is 5. The molecule has 2 aliphatic heterocycles. The molecule has 1 aliphatic carbocycles. The van der Waals surface area contributed by atoms with Gasteiger partial charge in [0.05, 0.1) is 22.8 Å². The molecule has 36 heavy (non-hydrogen) atoms. The van der Waals surface area contributed by atoms with Gasteiger partial charge in [-0.2, -0.15) is 10.2 Å². The third-order valence-electron chi connectivity index (χ3n) is 7.01. The molecule has 2 atom stereocenters. The first-order valence-corrected chi connectivity index (χ1v) is 12.3. The maximum Gasteiger partial charge on any atom is 0.302 e. The van der Waals surface area contributed by atoms with E-state index in [4.69, 9.17) is 9.84 Å². The first-order chi connectivity index (χ1) is 17.6. The van der Waals surface area contributed by atoms with Crippen molar-refractivity contribution in [3.05, 3.63) is 89.1 Å². The van der Waals surface area contributed by atoms with Gasteiger partial charge in [-0.1, -0.05) is 36.8 Å². The van der Waals surface area contributed by atoms with E-state index in [9.17, 15) is 9.59 Å². The van der Waals surface area contributed by atoms with Crippen LogP contribution in [0.2, 0.25) is 0 Å². The number of aromatic nitrogens is 5. The van der Waals surface area contributed by atoms with Crippen molar-refractivity contribution < 1.29 is 9.53 Å². The van der Waals surface area contributed by atoms with Gasteiger partial charge in [-0.15, -0.1) is 0 Å². The van der Waals surface area contributed by atoms with Crippen LogP contribution in [0, 0.1) is 0 Å². The number of ether oxygens (including phenoxy) is 1. The number of hydrogen-bond donors (Lipinski definition) is 0.